The molecule has 0 aliphatic carbocycles. The van der Waals surface area contributed by atoms with Crippen LogP contribution < -0.4 is 0 Å². The molecule has 0 fully saturated rings. The Hall–Kier alpha value is -4.44. The first-order valence-corrected chi connectivity index (χ1v) is 15.9. The second kappa shape index (κ2) is 15.2. The first-order valence-electron chi connectivity index (χ1n) is 22.4. The zero-order valence-corrected chi connectivity index (χ0v) is 30.8. The van der Waals surface area contributed by atoms with Crippen LogP contribution >= 0.6 is 0 Å². The molecule has 7 aromatic rings. The van der Waals surface area contributed by atoms with Crippen molar-refractivity contribution in [2.45, 2.75) is 73.3 Å². The van der Waals surface area contributed by atoms with Gasteiger partial charge in [-0.25, -0.2) is 4.98 Å². The Morgan fingerprint density at radius 1 is 0.740 bits per heavy atom. The maximum atomic E-state index is 9.30. The second-order valence-corrected chi connectivity index (χ2v) is 13.3. The molecular formula is C45H45IrN3O-2. The number of fused-ring (bicyclic) bond motifs is 3. The summed E-state index contributed by atoms with van der Waals surface area (Å²) in [5.41, 5.74) is 1.54. The molecule has 0 saturated heterocycles. The van der Waals surface area contributed by atoms with Gasteiger partial charge < -0.3 is 14.4 Å². The van der Waals surface area contributed by atoms with Gasteiger partial charge in [0.25, 0.3) is 0 Å². The SMILES string of the molecule is [2H]C([2H])([2H])c1ccc(-c2[c-]cccc2)nc1.[2H]C([2H])([2H])c1ccc2c(n1)oc1c(-c3cc(C(C)(C)C([2H])([2H])c4ccc(C([2H])([2H])C(C)(C)C)cc4)c(C([2H])([2H])[2H])cn3)[c-]ccc12.[Ir]. The molecule has 4 aromatic heterocycles. The first-order chi connectivity index (χ1) is 28.5. The van der Waals surface area contributed by atoms with Crippen LogP contribution in [0.15, 0.2) is 108 Å². The molecule has 3 aromatic carbocycles. The van der Waals surface area contributed by atoms with E-state index in [-0.39, 0.29) is 53.8 Å². The van der Waals surface area contributed by atoms with Gasteiger partial charge >= 0.3 is 0 Å². The Morgan fingerprint density at radius 3 is 2.18 bits per heavy atom. The van der Waals surface area contributed by atoms with E-state index in [9.17, 15) is 2.74 Å². The van der Waals surface area contributed by atoms with Crippen molar-refractivity contribution in [3.05, 3.63) is 149 Å². The van der Waals surface area contributed by atoms with Gasteiger partial charge in [0.2, 0.25) is 5.71 Å². The van der Waals surface area contributed by atoms with Gasteiger partial charge in [-0.15, -0.1) is 54.1 Å². The largest absolute Gasteiger partial charge is 0.486 e. The van der Waals surface area contributed by atoms with E-state index in [0.717, 1.165) is 11.3 Å². The Balaban J connectivity index is 0.000000369. The van der Waals surface area contributed by atoms with Crippen LogP contribution in [-0.2, 0) is 38.3 Å². The van der Waals surface area contributed by atoms with E-state index in [1.165, 1.54) is 18.5 Å². The van der Waals surface area contributed by atoms with Crippen molar-refractivity contribution in [2.75, 3.05) is 0 Å². The normalized spacial score (nSPS) is 16.8. The van der Waals surface area contributed by atoms with Crippen LogP contribution in [0.25, 0.3) is 44.6 Å². The molecule has 257 valence electrons. The molecule has 0 bridgehead atoms. The molecule has 7 rings (SSSR count). The minimum absolute atomic E-state index is 0. The molecule has 0 aliphatic rings. The zero-order valence-electron chi connectivity index (χ0n) is 41.4. The first kappa shape index (κ1) is 23.1. The number of hydrogen-bond acceptors (Lipinski definition) is 4. The number of aromatic nitrogens is 3. The van der Waals surface area contributed by atoms with Gasteiger partial charge in [0.1, 0.15) is 0 Å². The quantitative estimate of drug-likeness (QED) is 0.156. The van der Waals surface area contributed by atoms with Crippen molar-refractivity contribution in [3.63, 3.8) is 0 Å². The number of pyridine rings is 3. The molecule has 50 heavy (non-hydrogen) atoms. The maximum Gasteiger partial charge on any atom is 0.216 e. The van der Waals surface area contributed by atoms with Gasteiger partial charge in [-0.05, 0) is 95.5 Å². The van der Waals surface area contributed by atoms with E-state index < -0.39 is 44.1 Å². The van der Waals surface area contributed by atoms with Crippen molar-refractivity contribution in [3.8, 4) is 22.5 Å². The molecule has 0 amide bonds. The van der Waals surface area contributed by atoms with Crippen molar-refractivity contribution in [1.82, 2.24) is 15.0 Å². The third-order valence-electron chi connectivity index (χ3n) is 7.74. The zero-order chi connectivity index (χ0) is 45.8. The van der Waals surface area contributed by atoms with Crippen molar-refractivity contribution < 1.29 is 42.3 Å². The maximum absolute atomic E-state index is 9.30. The molecule has 1 radical (unpaired) electrons. The fraction of sp³-hybridized carbons (Fsp3) is 0.267. The molecule has 0 unspecified atom stereocenters. The van der Waals surface area contributed by atoms with E-state index in [1.54, 1.807) is 101 Å². The fourth-order valence-electron chi connectivity index (χ4n) is 5.53. The van der Waals surface area contributed by atoms with Crippen LogP contribution in [0.1, 0.15) is 85.9 Å². The monoisotopic (exact) mass is 849 g/mol. The Labute approximate surface area is 329 Å². The molecule has 0 spiro atoms. The Morgan fingerprint density at radius 2 is 1.52 bits per heavy atom. The summed E-state index contributed by atoms with van der Waals surface area (Å²) in [6, 6.07) is 31.2. The summed E-state index contributed by atoms with van der Waals surface area (Å²) in [7, 11) is 0. The average molecular weight is 849 g/mol. The standard InChI is InChI=1S/C33H35N2O.C12H10N.Ir/c1-21-20-34-29(27-10-8-9-25-26-16-11-22(2)35-31(26)36-30(25)27)17-28(21)33(6,7)19-24-14-12-23(13-15-24)18-32(3,4)5;1-10-7-8-12(13-9-10)11-5-3-2-4-6-11;/h8-9,11-17,20H,18-19H2,1-7H3;2-5,7-9H,1H3;/q2*-1;/i1D3,2D3,18D2,19D2;1D3;. The summed E-state index contributed by atoms with van der Waals surface area (Å²) in [5, 5.41) is 1.23. The van der Waals surface area contributed by atoms with E-state index >= 15 is 0 Å². The van der Waals surface area contributed by atoms with E-state index in [0.29, 0.717) is 33.2 Å². The molecule has 0 aliphatic heterocycles. The van der Waals surface area contributed by atoms with Gasteiger partial charge in [0.05, 0.1) is 5.58 Å². The van der Waals surface area contributed by atoms with Gasteiger partial charge in [-0.1, -0.05) is 88.0 Å². The van der Waals surface area contributed by atoms with Crippen molar-refractivity contribution in [1.29, 1.82) is 0 Å². The number of rotatable bonds is 6. The third-order valence-corrected chi connectivity index (χ3v) is 7.74. The number of hydrogen-bond donors (Lipinski definition) is 0. The molecule has 0 saturated carbocycles. The summed E-state index contributed by atoms with van der Waals surface area (Å²) < 4.78 is 111. The van der Waals surface area contributed by atoms with Crippen LogP contribution in [0, 0.1) is 38.1 Å². The van der Waals surface area contributed by atoms with Crippen LogP contribution in [0.5, 0.6) is 0 Å². The number of aryl methyl sites for hydroxylation is 3. The summed E-state index contributed by atoms with van der Waals surface area (Å²) in [5.74, 6) is 0. The summed E-state index contributed by atoms with van der Waals surface area (Å²) in [6.07, 6.45) is -1.15. The topological polar surface area (TPSA) is 51.8 Å². The average Bonchev–Trinajstić information content (AvgIpc) is 3.58. The Bertz CT molecular complexity index is 2700. The summed E-state index contributed by atoms with van der Waals surface area (Å²) in [4.78, 5) is 12.8. The number of furan rings is 1. The minimum atomic E-state index is -2.61. The number of benzene rings is 3. The molecule has 5 heteroatoms. The van der Waals surface area contributed by atoms with E-state index in [1.807, 2.05) is 18.2 Å². The van der Waals surface area contributed by atoms with E-state index in [4.69, 9.17) is 19.5 Å². The van der Waals surface area contributed by atoms with Crippen molar-refractivity contribution >= 4 is 22.1 Å². The molecule has 4 nitrogen and oxygen atoms in total. The molecular weight excluding hydrogens is 791 g/mol. The van der Waals surface area contributed by atoms with Gasteiger partial charge in [-0.2, -0.15) is 0 Å². The van der Waals surface area contributed by atoms with Crippen LogP contribution in [0.4, 0.5) is 0 Å². The predicted octanol–water partition coefficient (Wildman–Crippen LogP) is 11.4. The minimum Gasteiger partial charge on any atom is -0.486 e. The smallest absolute Gasteiger partial charge is 0.216 e. The third kappa shape index (κ3) is 8.64. The molecule has 0 N–H and O–H groups in total. The van der Waals surface area contributed by atoms with Gasteiger partial charge in [0.15, 0.2) is 0 Å². The predicted molar refractivity (Wildman–Crippen MR) is 203 cm³/mol. The fourth-order valence-corrected chi connectivity index (χ4v) is 5.53. The number of nitrogens with zero attached hydrogens (tertiary/aromatic N) is 3. The van der Waals surface area contributed by atoms with E-state index in [2.05, 4.69) is 27.1 Å². The molecule has 4 heterocycles. The Kier molecular flexibility index (Phi) is 7.03. The second-order valence-electron chi connectivity index (χ2n) is 13.3. The van der Waals surface area contributed by atoms with Crippen LogP contribution in [0.3, 0.4) is 0 Å². The van der Waals surface area contributed by atoms with Gasteiger partial charge in [-0.3, -0.25) is 0 Å². The van der Waals surface area contributed by atoms with Gasteiger partial charge in [0, 0.05) is 61.4 Å². The summed E-state index contributed by atoms with van der Waals surface area (Å²) in [6.45, 7) is 1.55. The van der Waals surface area contributed by atoms with Crippen LogP contribution in [0.2, 0.25) is 0 Å². The summed E-state index contributed by atoms with van der Waals surface area (Å²) >= 11 is 0. The van der Waals surface area contributed by atoms with Crippen LogP contribution in [-0.4, -0.2) is 15.0 Å². The molecule has 0 atom stereocenters. The van der Waals surface area contributed by atoms with Crippen molar-refractivity contribution in [2.24, 2.45) is 5.41 Å².